The Morgan fingerprint density at radius 3 is 2.85 bits per heavy atom. The standard InChI is InChI=1S/C14H18BrFN4/c1-3-10-8-13(20(2)19-10)12(18-17)7-9-5-4-6-11(16)14(9)15/h4-6,8,12,18H,3,7,17H2,1-2H3. The van der Waals surface area contributed by atoms with Crippen molar-refractivity contribution in [2.75, 3.05) is 0 Å². The highest BCUT2D eigenvalue weighted by Gasteiger charge is 2.18. The van der Waals surface area contributed by atoms with Crippen molar-refractivity contribution in [3.8, 4) is 0 Å². The molecule has 108 valence electrons. The number of nitrogens with two attached hydrogens (primary N) is 1. The van der Waals surface area contributed by atoms with Gasteiger partial charge in [0.05, 0.1) is 21.9 Å². The monoisotopic (exact) mass is 340 g/mol. The van der Waals surface area contributed by atoms with Gasteiger partial charge in [0.1, 0.15) is 5.82 Å². The zero-order valence-electron chi connectivity index (χ0n) is 11.5. The van der Waals surface area contributed by atoms with Crippen LogP contribution in [0.25, 0.3) is 0 Å². The summed E-state index contributed by atoms with van der Waals surface area (Å²) >= 11 is 3.28. The highest BCUT2D eigenvalue weighted by Crippen LogP contribution is 2.26. The Morgan fingerprint density at radius 1 is 1.50 bits per heavy atom. The second-order valence-corrected chi connectivity index (χ2v) is 5.47. The minimum atomic E-state index is -0.266. The van der Waals surface area contributed by atoms with Crippen molar-refractivity contribution in [2.45, 2.75) is 25.8 Å². The molecule has 3 N–H and O–H groups in total. The van der Waals surface area contributed by atoms with Crippen LogP contribution in [-0.4, -0.2) is 9.78 Å². The lowest BCUT2D eigenvalue weighted by Gasteiger charge is -2.17. The van der Waals surface area contributed by atoms with E-state index in [-0.39, 0.29) is 11.9 Å². The maximum Gasteiger partial charge on any atom is 0.137 e. The fourth-order valence-corrected chi connectivity index (χ4v) is 2.64. The zero-order valence-corrected chi connectivity index (χ0v) is 13.1. The molecular weight excluding hydrogens is 323 g/mol. The van der Waals surface area contributed by atoms with E-state index in [9.17, 15) is 4.39 Å². The SMILES string of the molecule is CCc1cc(C(Cc2cccc(F)c2Br)NN)n(C)n1. The Labute approximate surface area is 126 Å². The average Bonchev–Trinajstić information content (AvgIpc) is 2.82. The molecule has 0 fully saturated rings. The summed E-state index contributed by atoms with van der Waals surface area (Å²) in [5, 5.41) is 4.41. The van der Waals surface area contributed by atoms with Gasteiger partial charge in [0.25, 0.3) is 0 Å². The Morgan fingerprint density at radius 2 is 2.25 bits per heavy atom. The molecule has 0 aliphatic carbocycles. The predicted octanol–water partition coefficient (Wildman–Crippen LogP) is 2.63. The summed E-state index contributed by atoms with van der Waals surface area (Å²) < 4.78 is 15.9. The summed E-state index contributed by atoms with van der Waals surface area (Å²) in [4.78, 5) is 0. The van der Waals surface area contributed by atoms with Gasteiger partial charge in [-0.3, -0.25) is 16.0 Å². The van der Waals surface area contributed by atoms with E-state index in [1.54, 1.807) is 6.07 Å². The Bertz CT molecular complexity index is 597. The summed E-state index contributed by atoms with van der Waals surface area (Å²) in [5.41, 5.74) is 5.66. The molecule has 1 aromatic carbocycles. The van der Waals surface area contributed by atoms with E-state index in [1.807, 2.05) is 23.9 Å². The molecule has 4 nitrogen and oxygen atoms in total. The molecule has 0 saturated carbocycles. The molecule has 0 aliphatic rings. The first-order valence-corrected chi connectivity index (χ1v) is 7.28. The van der Waals surface area contributed by atoms with Gasteiger partial charge in [0, 0.05) is 7.05 Å². The third-order valence-electron chi connectivity index (χ3n) is 3.34. The molecule has 1 aromatic heterocycles. The van der Waals surface area contributed by atoms with Crippen LogP contribution in [0.3, 0.4) is 0 Å². The molecule has 1 atom stereocenters. The van der Waals surface area contributed by atoms with Gasteiger partial charge < -0.3 is 0 Å². The Hall–Kier alpha value is -1.24. The lowest BCUT2D eigenvalue weighted by Crippen LogP contribution is -2.31. The Kier molecular flexibility index (Phi) is 4.91. The largest absolute Gasteiger partial charge is 0.271 e. The summed E-state index contributed by atoms with van der Waals surface area (Å²) in [5.74, 6) is 5.39. The van der Waals surface area contributed by atoms with Crippen LogP contribution in [-0.2, 0) is 19.9 Å². The lowest BCUT2D eigenvalue weighted by molar-refractivity contribution is 0.505. The molecule has 0 aliphatic heterocycles. The van der Waals surface area contributed by atoms with E-state index in [0.717, 1.165) is 23.4 Å². The second-order valence-electron chi connectivity index (χ2n) is 4.67. The quantitative estimate of drug-likeness (QED) is 0.649. The predicted molar refractivity (Wildman–Crippen MR) is 80.5 cm³/mol. The van der Waals surface area contributed by atoms with E-state index < -0.39 is 0 Å². The number of nitrogens with zero attached hydrogens (tertiary/aromatic N) is 2. The first-order valence-electron chi connectivity index (χ1n) is 6.48. The topological polar surface area (TPSA) is 55.9 Å². The van der Waals surface area contributed by atoms with E-state index in [4.69, 9.17) is 5.84 Å². The van der Waals surface area contributed by atoms with Gasteiger partial charge in [0.2, 0.25) is 0 Å². The van der Waals surface area contributed by atoms with E-state index in [2.05, 4.69) is 33.4 Å². The van der Waals surface area contributed by atoms with Gasteiger partial charge >= 0.3 is 0 Å². The molecule has 0 saturated heterocycles. The maximum absolute atomic E-state index is 13.6. The van der Waals surface area contributed by atoms with Crippen LogP contribution in [0.4, 0.5) is 4.39 Å². The maximum atomic E-state index is 13.6. The van der Waals surface area contributed by atoms with Crippen LogP contribution in [0.2, 0.25) is 0 Å². The number of halogens is 2. The first-order chi connectivity index (χ1) is 9.56. The molecule has 0 bridgehead atoms. The third kappa shape index (κ3) is 3.08. The van der Waals surface area contributed by atoms with E-state index in [0.29, 0.717) is 10.9 Å². The molecule has 1 heterocycles. The van der Waals surface area contributed by atoms with Crippen molar-refractivity contribution in [1.29, 1.82) is 0 Å². The normalized spacial score (nSPS) is 12.7. The molecule has 2 rings (SSSR count). The van der Waals surface area contributed by atoms with Gasteiger partial charge in [-0.1, -0.05) is 19.1 Å². The van der Waals surface area contributed by atoms with Crippen LogP contribution in [0.5, 0.6) is 0 Å². The van der Waals surface area contributed by atoms with Crippen molar-refractivity contribution in [3.05, 3.63) is 51.5 Å². The number of nitrogens with one attached hydrogen (secondary N) is 1. The van der Waals surface area contributed by atoms with Gasteiger partial charge in [-0.2, -0.15) is 5.10 Å². The second kappa shape index (κ2) is 6.47. The van der Waals surface area contributed by atoms with Crippen LogP contribution < -0.4 is 11.3 Å². The fraction of sp³-hybridized carbons (Fsp3) is 0.357. The fourth-order valence-electron chi connectivity index (χ4n) is 2.22. The van der Waals surface area contributed by atoms with Crippen molar-refractivity contribution < 1.29 is 4.39 Å². The van der Waals surface area contributed by atoms with Crippen molar-refractivity contribution in [1.82, 2.24) is 15.2 Å². The van der Waals surface area contributed by atoms with Gasteiger partial charge in [-0.25, -0.2) is 4.39 Å². The average molecular weight is 341 g/mol. The van der Waals surface area contributed by atoms with E-state index in [1.165, 1.54) is 6.07 Å². The summed E-state index contributed by atoms with van der Waals surface area (Å²) in [6.45, 7) is 2.06. The number of hydrazine groups is 1. The van der Waals surface area contributed by atoms with Crippen molar-refractivity contribution in [3.63, 3.8) is 0 Å². The number of hydrogen-bond acceptors (Lipinski definition) is 3. The minimum Gasteiger partial charge on any atom is -0.271 e. The number of benzene rings is 1. The smallest absolute Gasteiger partial charge is 0.137 e. The summed E-state index contributed by atoms with van der Waals surface area (Å²) in [6, 6.07) is 6.92. The molecule has 20 heavy (non-hydrogen) atoms. The van der Waals surface area contributed by atoms with Crippen molar-refractivity contribution >= 4 is 15.9 Å². The third-order valence-corrected chi connectivity index (χ3v) is 4.23. The van der Waals surface area contributed by atoms with Gasteiger partial charge in [-0.05, 0) is 46.5 Å². The minimum absolute atomic E-state index is 0.120. The van der Waals surface area contributed by atoms with Crippen LogP contribution in [0.15, 0.2) is 28.7 Å². The first kappa shape index (κ1) is 15.2. The zero-order chi connectivity index (χ0) is 14.7. The number of rotatable bonds is 5. The Balaban J connectivity index is 2.28. The van der Waals surface area contributed by atoms with Crippen LogP contribution in [0, 0.1) is 5.82 Å². The van der Waals surface area contributed by atoms with Gasteiger partial charge in [-0.15, -0.1) is 0 Å². The van der Waals surface area contributed by atoms with Crippen molar-refractivity contribution in [2.24, 2.45) is 12.9 Å². The summed E-state index contributed by atoms with van der Waals surface area (Å²) in [7, 11) is 1.89. The van der Waals surface area contributed by atoms with E-state index >= 15 is 0 Å². The number of aromatic nitrogens is 2. The van der Waals surface area contributed by atoms with Crippen LogP contribution >= 0.6 is 15.9 Å². The molecule has 6 heteroatoms. The van der Waals surface area contributed by atoms with Crippen LogP contribution in [0.1, 0.15) is 29.9 Å². The number of hydrogen-bond donors (Lipinski definition) is 2. The molecule has 2 aromatic rings. The molecule has 0 radical (unpaired) electrons. The highest BCUT2D eigenvalue weighted by atomic mass is 79.9. The molecule has 0 spiro atoms. The van der Waals surface area contributed by atoms with Gasteiger partial charge in [0.15, 0.2) is 0 Å². The molecule has 0 amide bonds. The summed E-state index contributed by atoms with van der Waals surface area (Å²) in [6.07, 6.45) is 1.45. The highest BCUT2D eigenvalue weighted by molar-refractivity contribution is 9.10. The number of aryl methyl sites for hydroxylation is 2. The molecular formula is C14H18BrFN4. The lowest BCUT2D eigenvalue weighted by atomic mass is 10.0. The molecule has 1 unspecified atom stereocenters.